The van der Waals surface area contributed by atoms with E-state index < -0.39 is 11.7 Å². The molecule has 5 nitrogen and oxygen atoms in total. The van der Waals surface area contributed by atoms with E-state index in [-0.39, 0.29) is 11.6 Å². The first-order chi connectivity index (χ1) is 12.8. The second-order valence-electron chi connectivity index (χ2n) is 6.66. The van der Waals surface area contributed by atoms with Crippen LogP contribution in [0.1, 0.15) is 29.7 Å². The Morgan fingerprint density at radius 2 is 2.07 bits per heavy atom. The molecule has 2 aromatic rings. The van der Waals surface area contributed by atoms with Gasteiger partial charge in [-0.25, -0.2) is 9.97 Å². The normalized spacial score (nSPS) is 17.5. The van der Waals surface area contributed by atoms with E-state index in [4.69, 9.17) is 0 Å². The number of nitriles is 1. The summed E-state index contributed by atoms with van der Waals surface area (Å²) in [6, 6.07) is 7.50. The van der Waals surface area contributed by atoms with Crippen LogP contribution in [0, 0.1) is 18.3 Å². The fraction of sp³-hybridized carbons (Fsp3) is 0.421. The molecule has 1 fully saturated rings. The molecule has 1 aromatic carbocycles. The van der Waals surface area contributed by atoms with Gasteiger partial charge in [0.25, 0.3) is 0 Å². The monoisotopic (exact) mass is 375 g/mol. The molecule has 142 valence electrons. The second-order valence-corrected chi connectivity index (χ2v) is 6.66. The third kappa shape index (κ3) is 3.97. The number of halogens is 3. The molecule has 1 aliphatic rings. The number of benzene rings is 1. The van der Waals surface area contributed by atoms with E-state index in [9.17, 15) is 18.4 Å². The molecule has 27 heavy (non-hydrogen) atoms. The lowest BCUT2D eigenvalue weighted by Gasteiger charge is -2.39. The number of aromatic nitrogens is 2. The predicted octanol–water partition coefficient (Wildman–Crippen LogP) is 3.78. The fourth-order valence-electron chi connectivity index (χ4n) is 3.42. The lowest BCUT2D eigenvalue weighted by Crippen LogP contribution is -2.47. The Kier molecular flexibility index (Phi) is 5.22. The molecule has 0 aliphatic carbocycles. The van der Waals surface area contributed by atoms with Crippen LogP contribution < -0.4 is 9.80 Å². The summed E-state index contributed by atoms with van der Waals surface area (Å²) in [7, 11) is 1.89. The largest absolute Gasteiger partial charge is 0.417 e. The summed E-state index contributed by atoms with van der Waals surface area (Å²) in [5.74, 6) is 0.589. The molecule has 0 bridgehead atoms. The van der Waals surface area contributed by atoms with Crippen LogP contribution in [0.4, 0.5) is 24.8 Å². The topological polar surface area (TPSA) is 56.1 Å². The molecule has 0 spiro atoms. The van der Waals surface area contributed by atoms with E-state index in [0.717, 1.165) is 24.6 Å². The van der Waals surface area contributed by atoms with Crippen LogP contribution in [0.15, 0.2) is 30.5 Å². The van der Waals surface area contributed by atoms with Crippen molar-refractivity contribution in [2.75, 3.05) is 29.9 Å². The Balaban J connectivity index is 1.88. The SMILES string of the molecule is Cc1ccnc(N(C)C2CCCN(c3cccc(C(F)(F)F)c3C#N)C2)n1. The Hall–Kier alpha value is -2.82. The number of alkyl halides is 3. The Morgan fingerprint density at radius 1 is 1.30 bits per heavy atom. The van der Waals surface area contributed by atoms with Gasteiger partial charge in [-0.05, 0) is 38.0 Å². The summed E-state index contributed by atoms with van der Waals surface area (Å²) in [5.41, 5.74) is -0.0279. The van der Waals surface area contributed by atoms with Crippen LogP contribution in [0.25, 0.3) is 0 Å². The van der Waals surface area contributed by atoms with Gasteiger partial charge in [-0.2, -0.15) is 18.4 Å². The van der Waals surface area contributed by atoms with Crippen molar-refractivity contribution in [2.45, 2.75) is 32.0 Å². The summed E-state index contributed by atoms with van der Waals surface area (Å²) in [6.07, 6.45) is -1.18. The minimum atomic E-state index is -4.55. The Morgan fingerprint density at radius 3 is 2.74 bits per heavy atom. The first-order valence-corrected chi connectivity index (χ1v) is 8.69. The van der Waals surface area contributed by atoms with Crippen molar-refractivity contribution in [2.24, 2.45) is 0 Å². The van der Waals surface area contributed by atoms with E-state index in [1.165, 1.54) is 6.07 Å². The van der Waals surface area contributed by atoms with Gasteiger partial charge in [-0.3, -0.25) is 0 Å². The summed E-state index contributed by atoms with van der Waals surface area (Å²) >= 11 is 0. The average molecular weight is 375 g/mol. The number of piperidine rings is 1. The highest BCUT2D eigenvalue weighted by Crippen LogP contribution is 2.36. The third-order valence-corrected chi connectivity index (χ3v) is 4.84. The highest BCUT2D eigenvalue weighted by molar-refractivity contribution is 5.63. The summed E-state index contributed by atoms with van der Waals surface area (Å²) in [6.45, 7) is 2.99. The molecular weight excluding hydrogens is 355 g/mol. The van der Waals surface area contributed by atoms with Crippen LogP contribution in [-0.2, 0) is 6.18 Å². The zero-order chi connectivity index (χ0) is 19.6. The van der Waals surface area contributed by atoms with Crippen LogP contribution in [0.5, 0.6) is 0 Å². The Bertz CT molecular complexity index is 859. The van der Waals surface area contributed by atoms with Crippen molar-refractivity contribution in [1.82, 2.24) is 9.97 Å². The summed E-state index contributed by atoms with van der Waals surface area (Å²) in [5, 5.41) is 9.37. The number of rotatable bonds is 3. The number of anilines is 2. The van der Waals surface area contributed by atoms with Crippen molar-refractivity contribution in [1.29, 1.82) is 5.26 Å². The van der Waals surface area contributed by atoms with E-state index in [2.05, 4.69) is 9.97 Å². The number of aryl methyl sites for hydroxylation is 1. The van der Waals surface area contributed by atoms with Gasteiger partial charge in [-0.1, -0.05) is 6.07 Å². The molecule has 1 unspecified atom stereocenters. The maximum atomic E-state index is 13.3. The lowest BCUT2D eigenvalue weighted by molar-refractivity contribution is -0.137. The molecule has 0 radical (unpaired) electrons. The quantitative estimate of drug-likeness (QED) is 0.817. The van der Waals surface area contributed by atoms with Crippen LogP contribution >= 0.6 is 0 Å². The fourth-order valence-corrected chi connectivity index (χ4v) is 3.42. The third-order valence-electron chi connectivity index (χ3n) is 4.84. The molecule has 1 atom stereocenters. The van der Waals surface area contributed by atoms with Gasteiger partial charge in [-0.15, -0.1) is 0 Å². The zero-order valence-electron chi connectivity index (χ0n) is 15.2. The smallest absolute Gasteiger partial charge is 0.368 e. The second kappa shape index (κ2) is 7.43. The molecule has 0 saturated carbocycles. The first kappa shape index (κ1) is 19.0. The molecule has 0 N–H and O–H groups in total. The van der Waals surface area contributed by atoms with Gasteiger partial charge >= 0.3 is 6.18 Å². The van der Waals surface area contributed by atoms with Gasteiger partial charge in [0.05, 0.1) is 16.8 Å². The van der Waals surface area contributed by atoms with Crippen molar-refractivity contribution in [3.05, 3.63) is 47.3 Å². The molecule has 1 saturated heterocycles. The summed E-state index contributed by atoms with van der Waals surface area (Å²) < 4.78 is 39.8. The zero-order valence-corrected chi connectivity index (χ0v) is 15.2. The molecule has 0 amide bonds. The van der Waals surface area contributed by atoms with Crippen LogP contribution in [0.2, 0.25) is 0 Å². The van der Waals surface area contributed by atoms with Gasteiger partial charge in [0.2, 0.25) is 5.95 Å². The maximum absolute atomic E-state index is 13.3. The minimum absolute atomic E-state index is 0.0432. The van der Waals surface area contributed by atoms with Gasteiger partial charge in [0, 0.05) is 38.1 Å². The minimum Gasteiger partial charge on any atom is -0.368 e. The number of likely N-dealkylation sites (N-methyl/N-ethyl adjacent to an activating group) is 1. The number of hydrogen-bond acceptors (Lipinski definition) is 5. The highest BCUT2D eigenvalue weighted by atomic mass is 19.4. The predicted molar refractivity (Wildman–Crippen MR) is 96.6 cm³/mol. The number of hydrogen-bond donors (Lipinski definition) is 0. The van der Waals surface area contributed by atoms with Gasteiger partial charge < -0.3 is 9.80 Å². The average Bonchev–Trinajstić information content (AvgIpc) is 2.66. The number of nitrogens with zero attached hydrogens (tertiary/aromatic N) is 5. The summed E-state index contributed by atoms with van der Waals surface area (Å²) in [4.78, 5) is 12.5. The van der Waals surface area contributed by atoms with Crippen molar-refractivity contribution < 1.29 is 13.2 Å². The van der Waals surface area contributed by atoms with Crippen molar-refractivity contribution in [3.63, 3.8) is 0 Å². The molecule has 8 heteroatoms. The maximum Gasteiger partial charge on any atom is 0.417 e. The molecular formula is C19H20F3N5. The van der Waals surface area contributed by atoms with E-state index in [1.54, 1.807) is 18.3 Å². The van der Waals surface area contributed by atoms with E-state index in [1.807, 2.05) is 29.8 Å². The Labute approximate surface area is 156 Å². The standard InChI is InChI=1S/C19H20F3N5/c1-13-8-9-24-18(25-13)26(2)14-5-4-10-27(12-14)17-7-3-6-16(15(17)11-23)19(20,21)22/h3,6-9,14H,4-5,10,12H2,1-2H3. The van der Waals surface area contributed by atoms with Crippen LogP contribution in [-0.4, -0.2) is 36.1 Å². The molecule has 3 rings (SSSR count). The van der Waals surface area contributed by atoms with Crippen LogP contribution in [0.3, 0.4) is 0 Å². The van der Waals surface area contributed by atoms with Gasteiger partial charge in [0.15, 0.2) is 0 Å². The van der Waals surface area contributed by atoms with Crippen molar-refractivity contribution >= 4 is 11.6 Å². The molecule has 2 heterocycles. The van der Waals surface area contributed by atoms with Gasteiger partial charge in [0.1, 0.15) is 6.07 Å². The van der Waals surface area contributed by atoms with E-state index in [0.29, 0.717) is 24.7 Å². The highest BCUT2D eigenvalue weighted by Gasteiger charge is 2.36. The molecule has 1 aliphatic heterocycles. The lowest BCUT2D eigenvalue weighted by atomic mass is 10.00. The van der Waals surface area contributed by atoms with Crippen molar-refractivity contribution in [3.8, 4) is 6.07 Å². The van der Waals surface area contributed by atoms with E-state index >= 15 is 0 Å². The first-order valence-electron chi connectivity index (χ1n) is 8.69. The molecule has 1 aromatic heterocycles.